The van der Waals surface area contributed by atoms with E-state index < -0.39 is 0 Å². The number of guanidine groups is 1. The summed E-state index contributed by atoms with van der Waals surface area (Å²) in [6, 6.07) is 1.68. The minimum absolute atomic E-state index is 0. The Bertz CT molecular complexity index is 610. The van der Waals surface area contributed by atoms with Gasteiger partial charge in [-0.05, 0) is 18.9 Å². The van der Waals surface area contributed by atoms with E-state index in [4.69, 9.17) is 27.9 Å². The molecule has 25 heavy (non-hydrogen) atoms. The standard InChI is InChI=1S/C16H23Cl2N5O.HI/c1-19-15(23-6-2-16(10-23)3-7-24-11-16)21-5-4-20-14-13(18)8-12(17)9-22-14;/h8-9H,2-7,10-11H2,1H3,(H,19,21)(H,20,22);1H. The molecule has 1 unspecified atom stereocenters. The Morgan fingerprint density at radius 1 is 1.40 bits per heavy atom. The van der Waals surface area contributed by atoms with E-state index in [0.717, 1.165) is 45.2 Å². The Labute approximate surface area is 175 Å². The van der Waals surface area contributed by atoms with Gasteiger partial charge in [0.1, 0.15) is 5.82 Å². The number of nitrogens with one attached hydrogen (secondary N) is 2. The number of aliphatic imine (C=N–C) groups is 1. The molecule has 3 heterocycles. The summed E-state index contributed by atoms with van der Waals surface area (Å²) < 4.78 is 5.59. The minimum Gasteiger partial charge on any atom is -0.381 e. The highest BCUT2D eigenvalue weighted by Crippen LogP contribution is 2.38. The van der Waals surface area contributed by atoms with Gasteiger partial charge in [-0.25, -0.2) is 4.98 Å². The van der Waals surface area contributed by atoms with Crippen molar-refractivity contribution in [3.8, 4) is 0 Å². The molecule has 6 nitrogen and oxygen atoms in total. The van der Waals surface area contributed by atoms with Crippen molar-refractivity contribution in [1.82, 2.24) is 15.2 Å². The van der Waals surface area contributed by atoms with E-state index in [1.54, 1.807) is 12.3 Å². The summed E-state index contributed by atoms with van der Waals surface area (Å²) in [5.41, 5.74) is 0.330. The third-order valence-corrected chi connectivity index (χ3v) is 5.14. The Balaban J connectivity index is 0.00000225. The quantitative estimate of drug-likeness (QED) is 0.288. The van der Waals surface area contributed by atoms with Crippen molar-refractivity contribution in [2.24, 2.45) is 10.4 Å². The highest BCUT2D eigenvalue weighted by molar-refractivity contribution is 14.0. The second-order valence-corrected chi connectivity index (χ2v) is 7.20. The molecule has 9 heteroatoms. The van der Waals surface area contributed by atoms with Crippen molar-refractivity contribution < 1.29 is 4.74 Å². The average Bonchev–Trinajstić information content (AvgIpc) is 3.20. The molecule has 2 aliphatic rings. The number of nitrogens with zero attached hydrogens (tertiary/aromatic N) is 3. The van der Waals surface area contributed by atoms with Gasteiger partial charge >= 0.3 is 0 Å². The SMILES string of the molecule is CN=C(NCCNc1ncc(Cl)cc1Cl)N1CCC2(CCOC2)C1.I. The van der Waals surface area contributed by atoms with E-state index >= 15 is 0 Å². The maximum Gasteiger partial charge on any atom is 0.193 e. The van der Waals surface area contributed by atoms with Gasteiger partial charge < -0.3 is 20.3 Å². The Morgan fingerprint density at radius 3 is 2.92 bits per heavy atom. The largest absolute Gasteiger partial charge is 0.381 e. The first-order valence-corrected chi connectivity index (χ1v) is 8.96. The van der Waals surface area contributed by atoms with Gasteiger partial charge in [-0.3, -0.25) is 4.99 Å². The summed E-state index contributed by atoms with van der Waals surface area (Å²) in [5.74, 6) is 1.58. The van der Waals surface area contributed by atoms with E-state index in [0.29, 0.717) is 27.8 Å². The molecule has 3 rings (SSSR count). The van der Waals surface area contributed by atoms with E-state index in [1.807, 2.05) is 7.05 Å². The van der Waals surface area contributed by atoms with Crippen LogP contribution in [-0.4, -0.2) is 62.3 Å². The minimum atomic E-state index is 0. The molecule has 1 spiro atoms. The molecule has 0 aliphatic carbocycles. The van der Waals surface area contributed by atoms with Crippen LogP contribution in [0.15, 0.2) is 17.3 Å². The fraction of sp³-hybridized carbons (Fsp3) is 0.625. The van der Waals surface area contributed by atoms with Gasteiger partial charge in [0.15, 0.2) is 5.96 Å². The molecule has 0 saturated carbocycles. The number of likely N-dealkylation sites (tertiary alicyclic amines) is 1. The predicted octanol–water partition coefficient (Wildman–Crippen LogP) is 3.11. The van der Waals surface area contributed by atoms with Crippen molar-refractivity contribution in [3.05, 3.63) is 22.3 Å². The van der Waals surface area contributed by atoms with Crippen LogP contribution < -0.4 is 10.6 Å². The lowest BCUT2D eigenvalue weighted by Crippen LogP contribution is -2.43. The van der Waals surface area contributed by atoms with Gasteiger partial charge in [0.25, 0.3) is 0 Å². The van der Waals surface area contributed by atoms with Gasteiger partial charge in [-0.2, -0.15) is 0 Å². The van der Waals surface area contributed by atoms with Crippen LogP contribution in [0.3, 0.4) is 0 Å². The molecule has 2 fully saturated rings. The highest BCUT2D eigenvalue weighted by Gasteiger charge is 2.42. The van der Waals surface area contributed by atoms with Crippen LogP contribution in [0.5, 0.6) is 0 Å². The molecule has 1 atom stereocenters. The first kappa shape index (κ1) is 20.8. The molecule has 2 N–H and O–H groups in total. The second kappa shape index (κ2) is 9.43. The van der Waals surface area contributed by atoms with Gasteiger partial charge in [-0.15, -0.1) is 24.0 Å². The highest BCUT2D eigenvalue weighted by atomic mass is 127. The molecule has 2 aliphatic heterocycles. The zero-order chi connectivity index (χ0) is 17.0. The number of aromatic nitrogens is 1. The number of anilines is 1. The zero-order valence-electron chi connectivity index (χ0n) is 14.2. The van der Waals surface area contributed by atoms with Crippen LogP contribution in [0, 0.1) is 5.41 Å². The summed E-state index contributed by atoms with van der Waals surface area (Å²) in [6.45, 7) is 5.23. The first-order valence-electron chi connectivity index (χ1n) is 8.20. The van der Waals surface area contributed by atoms with Crippen LogP contribution in [0.25, 0.3) is 0 Å². The van der Waals surface area contributed by atoms with Gasteiger partial charge in [0.2, 0.25) is 0 Å². The van der Waals surface area contributed by atoms with E-state index in [2.05, 4.69) is 25.5 Å². The fourth-order valence-corrected chi connectivity index (χ4v) is 3.77. The number of hydrogen-bond acceptors (Lipinski definition) is 4. The van der Waals surface area contributed by atoms with Gasteiger partial charge in [-0.1, -0.05) is 23.2 Å². The monoisotopic (exact) mass is 499 g/mol. The number of hydrogen-bond donors (Lipinski definition) is 2. The lowest BCUT2D eigenvalue weighted by atomic mass is 9.87. The van der Waals surface area contributed by atoms with Gasteiger partial charge in [0.05, 0.1) is 16.7 Å². The summed E-state index contributed by atoms with van der Waals surface area (Å²) in [7, 11) is 1.82. The van der Waals surface area contributed by atoms with Crippen LogP contribution in [-0.2, 0) is 4.74 Å². The van der Waals surface area contributed by atoms with Crippen LogP contribution >= 0.6 is 47.2 Å². The molecule has 140 valence electrons. The number of rotatable bonds is 4. The number of halogens is 3. The second-order valence-electron chi connectivity index (χ2n) is 6.36. The summed E-state index contributed by atoms with van der Waals surface area (Å²) in [6.07, 6.45) is 3.91. The van der Waals surface area contributed by atoms with E-state index in [9.17, 15) is 0 Å². The normalized spacial score (nSPS) is 23.0. The van der Waals surface area contributed by atoms with Crippen LogP contribution in [0.4, 0.5) is 5.82 Å². The third-order valence-electron chi connectivity index (χ3n) is 4.64. The molecule has 0 aromatic carbocycles. The van der Waals surface area contributed by atoms with Crippen LogP contribution in [0.1, 0.15) is 12.8 Å². The maximum atomic E-state index is 6.10. The van der Waals surface area contributed by atoms with Crippen LogP contribution in [0.2, 0.25) is 10.0 Å². The van der Waals surface area contributed by atoms with E-state index in [1.165, 1.54) is 6.42 Å². The van der Waals surface area contributed by atoms with Gasteiger partial charge in [0, 0.05) is 51.4 Å². The molecular formula is C16H24Cl2IN5O. The Hall–Kier alpha value is -0.510. The smallest absolute Gasteiger partial charge is 0.193 e. The summed E-state index contributed by atoms with van der Waals surface area (Å²) in [4.78, 5) is 10.9. The summed E-state index contributed by atoms with van der Waals surface area (Å²) >= 11 is 11.9. The molecule has 0 bridgehead atoms. The van der Waals surface area contributed by atoms with Crippen molar-refractivity contribution in [2.75, 3.05) is 51.8 Å². The lowest BCUT2D eigenvalue weighted by Gasteiger charge is -2.25. The molecule has 0 amide bonds. The predicted molar refractivity (Wildman–Crippen MR) is 114 cm³/mol. The third kappa shape index (κ3) is 5.24. The van der Waals surface area contributed by atoms with Crippen molar-refractivity contribution >= 4 is 59.0 Å². The first-order chi connectivity index (χ1) is 11.6. The van der Waals surface area contributed by atoms with E-state index in [-0.39, 0.29) is 24.0 Å². The molecule has 2 saturated heterocycles. The topological polar surface area (TPSA) is 61.8 Å². The maximum absolute atomic E-state index is 6.10. The molecule has 0 radical (unpaired) electrons. The fourth-order valence-electron chi connectivity index (χ4n) is 3.32. The molecule has 1 aromatic rings. The number of ether oxygens (including phenoxy) is 1. The molecule has 1 aromatic heterocycles. The van der Waals surface area contributed by atoms with Crippen molar-refractivity contribution in [2.45, 2.75) is 12.8 Å². The Morgan fingerprint density at radius 2 is 2.24 bits per heavy atom. The number of pyridine rings is 1. The Kier molecular flexibility index (Phi) is 7.85. The summed E-state index contributed by atoms with van der Waals surface area (Å²) in [5, 5.41) is 7.65. The lowest BCUT2D eigenvalue weighted by molar-refractivity contribution is 0.156. The van der Waals surface area contributed by atoms with Crippen molar-refractivity contribution in [3.63, 3.8) is 0 Å². The zero-order valence-corrected chi connectivity index (χ0v) is 18.1. The van der Waals surface area contributed by atoms with Crippen molar-refractivity contribution in [1.29, 1.82) is 0 Å². The molecular weight excluding hydrogens is 476 g/mol. The average molecular weight is 500 g/mol.